The predicted octanol–water partition coefficient (Wildman–Crippen LogP) is 6.44. The van der Waals surface area contributed by atoms with Gasteiger partial charge in [-0.25, -0.2) is 0 Å². The third kappa shape index (κ3) is 7.52. The van der Waals surface area contributed by atoms with Crippen molar-refractivity contribution < 1.29 is 9.90 Å². The molecule has 1 heterocycles. The second-order valence-corrected chi connectivity index (χ2v) is 11.9. The number of amidine groups is 1. The molecular formula is C34H47N5O2. The lowest BCUT2D eigenvalue weighted by Gasteiger charge is -2.39. The molecule has 6 N–H and O–H groups in total. The number of benzene rings is 2. The molecule has 2 aliphatic carbocycles. The molecule has 2 aromatic carbocycles. The van der Waals surface area contributed by atoms with Crippen LogP contribution in [-0.4, -0.2) is 34.6 Å². The minimum absolute atomic E-state index is 0.218. The second-order valence-electron chi connectivity index (χ2n) is 11.9. The Labute approximate surface area is 245 Å². The summed E-state index contributed by atoms with van der Waals surface area (Å²) < 4.78 is 0. The lowest BCUT2D eigenvalue weighted by molar-refractivity contribution is -0.0388. The zero-order valence-electron chi connectivity index (χ0n) is 25.0. The Bertz CT molecular complexity index is 1320. The van der Waals surface area contributed by atoms with Gasteiger partial charge >= 0.3 is 0 Å². The fourth-order valence-electron chi connectivity index (χ4n) is 5.50. The summed E-state index contributed by atoms with van der Waals surface area (Å²) in [5, 5.41) is 13.4. The number of nitrogens with zero attached hydrogens (tertiary/aromatic N) is 2. The molecule has 7 nitrogen and oxygen atoms in total. The topological polar surface area (TPSA) is 126 Å². The van der Waals surface area contributed by atoms with E-state index in [9.17, 15) is 9.90 Å². The van der Waals surface area contributed by atoms with E-state index in [0.717, 1.165) is 68.5 Å². The molecule has 0 bridgehead atoms. The van der Waals surface area contributed by atoms with Crippen LogP contribution in [0.25, 0.3) is 5.57 Å². The molecule has 1 aliphatic heterocycles. The van der Waals surface area contributed by atoms with E-state index in [1.807, 2.05) is 6.07 Å². The maximum absolute atomic E-state index is 10.9. The predicted molar refractivity (Wildman–Crippen MR) is 170 cm³/mol. The number of hydrogen-bond acceptors (Lipinski definition) is 6. The molecule has 0 spiro atoms. The molecule has 220 valence electrons. The Kier molecular flexibility index (Phi) is 10.2. The fraction of sp³-hybridized carbons (Fsp3) is 0.500. The Morgan fingerprint density at radius 3 is 2.34 bits per heavy atom. The largest absolute Gasteiger partial charge is 0.385 e. The highest BCUT2D eigenvalue weighted by molar-refractivity contribution is 5.96. The molecule has 5 rings (SSSR count). The first-order chi connectivity index (χ1) is 19.7. The van der Waals surface area contributed by atoms with Gasteiger partial charge in [-0.2, -0.15) is 0 Å². The number of unbranched alkanes of at least 4 members (excludes halogenated alkanes) is 1. The van der Waals surface area contributed by atoms with Gasteiger partial charge in [0, 0.05) is 17.5 Å². The number of carbonyl (C=O) groups excluding carboxylic acids is 1. The molecule has 3 aliphatic rings. The fourth-order valence-corrected chi connectivity index (χ4v) is 5.50. The number of hydrogen-bond donors (Lipinski definition) is 4. The lowest BCUT2D eigenvalue weighted by atomic mass is 9.75. The van der Waals surface area contributed by atoms with Crippen LogP contribution >= 0.6 is 0 Å². The number of aryl methyl sites for hydroxylation is 1. The highest BCUT2D eigenvalue weighted by Gasteiger charge is 2.38. The average molecular weight is 558 g/mol. The van der Waals surface area contributed by atoms with Gasteiger partial charge in [0.25, 0.3) is 0 Å². The first-order valence-corrected chi connectivity index (χ1v) is 15.3. The number of aliphatic hydroxyl groups is 1. The molecule has 7 heteroatoms. The molecule has 41 heavy (non-hydrogen) atoms. The highest BCUT2D eigenvalue weighted by Crippen LogP contribution is 2.41. The van der Waals surface area contributed by atoms with E-state index in [-0.39, 0.29) is 5.54 Å². The van der Waals surface area contributed by atoms with Gasteiger partial charge in [-0.15, -0.1) is 0 Å². The molecule has 0 atom stereocenters. The Morgan fingerprint density at radius 2 is 1.80 bits per heavy atom. The maximum atomic E-state index is 10.9. The SMILES string of the molecule is CCCCC(CCC)=Nc1ccc(C2=CNC(C3(N)CCC3)=NC2)cc1C.NC(=O)c1cccc(C2(O)CCC2)c1. The van der Waals surface area contributed by atoms with Crippen molar-refractivity contribution in [1.29, 1.82) is 0 Å². The summed E-state index contributed by atoms with van der Waals surface area (Å²) in [4.78, 5) is 20.6. The van der Waals surface area contributed by atoms with E-state index < -0.39 is 11.5 Å². The summed E-state index contributed by atoms with van der Waals surface area (Å²) in [5.74, 6) is 0.505. The van der Waals surface area contributed by atoms with Crippen LogP contribution in [0, 0.1) is 6.92 Å². The van der Waals surface area contributed by atoms with E-state index in [4.69, 9.17) is 21.5 Å². The first kappa shape index (κ1) is 30.7. The summed E-state index contributed by atoms with van der Waals surface area (Å²) in [7, 11) is 0. The summed E-state index contributed by atoms with van der Waals surface area (Å²) in [6, 6.07) is 13.5. The van der Waals surface area contributed by atoms with Gasteiger partial charge < -0.3 is 21.9 Å². The van der Waals surface area contributed by atoms with Crippen molar-refractivity contribution in [3.8, 4) is 0 Å². The molecule has 2 saturated carbocycles. The van der Waals surface area contributed by atoms with Gasteiger partial charge in [-0.05, 0) is 111 Å². The van der Waals surface area contributed by atoms with Crippen LogP contribution < -0.4 is 16.8 Å². The van der Waals surface area contributed by atoms with Gasteiger partial charge in [0.1, 0.15) is 5.84 Å². The summed E-state index contributed by atoms with van der Waals surface area (Å²) >= 11 is 0. The number of rotatable bonds is 10. The molecular weight excluding hydrogens is 510 g/mol. The average Bonchev–Trinajstić information content (AvgIpc) is 2.95. The molecule has 1 amide bonds. The number of carbonyl (C=O) groups is 1. The standard InChI is InChI=1S/C23H34N4.C11H13NO2/c1-4-6-9-20(8-5-2)27-21-11-10-18(14-17(21)3)19-15-25-22(26-16-19)23(24)12-7-13-23;12-10(13)8-3-1-4-9(7-8)11(14)5-2-6-11/h10-11,14-15H,4-9,12-13,16,24H2,1-3H3,(H,25,26);1,3-4,7,14H,2,5-6H2,(H2,12,13). The van der Waals surface area contributed by atoms with Crippen molar-refractivity contribution in [2.24, 2.45) is 21.5 Å². The van der Waals surface area contributed by atoms with Gasteiger partial charge in [-0.1, -0.05) is 44.9 Å². The molecule has 0 unspecified atom stereocenters. The van der Waals surface area contributed by atoms with Crippen LogP contribution in [-0.2, 0) is 5.60 Å². The van der Waals surface area contributed by atoms with E-state index >= 15 is 0 Å². The smallest absolute Gasteiger partial charge is 0.248 e. The molecule has 2 aromatic rings. The third-order valence-corrected chi connectivity index (χ3v) is 8.58. The maximum Gasteiger partial charge on any atom is 0.248 e. The highest BCUT2D eigenvalue weighted by atomic mass is 16.3. The summed E-state index contributed by atoms with van der Waals surface area (Å²) in [6.45, 7) is 7.31. The van der Waals surface area contributed by atoms with Crippen LogP contribution in [0.4, 0.5) is 5.69 Å². The van der Waals surface area contributed by atoms with Gasteiger partial charge in [0.15, 0.2) is 0 Å². The van der Waals surface area contributed by atoms with Crippen molar-refractivity contribution in [3.05, 3.63) is 70.9 Å². The van der Waals surface area contributed by atoms with Crippen LogP contribution in [0.15, 0.2) is 58.6 Å². The van der Waals surface area contributed by atoms with E-state index in [2.05, 4.69) is 50.5 Å². The van der Waals surface area contributed by atoms with Gasteiger partial charge in [-0.3, -0.25) is 14.8 Å². The number of nitrogens with two attached hydrogens (primary N) is 2. The van der Waals surface area contributed by atoms with Crippen molar-refractivity contribution >= 4 is 28.7 Å². The Balaban J connectivity index is 0.000000231. The zero-order chi connectivity index (χ0) is 29.5. The van der Waals surface area contributed by atoms with Crippen molar-refractivity contribution in [2.45, 2.75) is 103 Å². The summed E-state index contributed by atoms with van der Waals surface area (Å²) in [5.41, 5.74) is 17.9. The third-order valence-electron chi connectivity index (χ3n) is 8.58. The summed E-state index contributed by atoms with van der Waals surface area (Å²) in [6.07, 6.45) is 13.7. The van der Waals surface area contributed by atoms with E-state index in [1.54, 1.807) is 18.2 Å². The quantitative estimate of drug-likeness (QED) is 0.251. The van der Waals surface area contributed by atoms with Crippen molar-refractivity contribution in [3.63, 3.8) is 0 Å². The van der Waals surface area contributed by atoms with E-state index in [0.29, 0.717) is 12.1 Å². The number of amides is 1. The minimum Gasteiger partial charge on any atom is -0.385 e. The number of nitrogens with one attached hydrogen (secondary N) is 1. The molecule has 2 fully saturated rings. The normalized spacial score (nSPS) is 18.9. The Morgan fingerprint density at radius 1 is 1.05 bits per heavy atom. The lowest BCUT2D eigenvalue weighted by Crippen LogP contribution is -2.58. The van der Waals surface area contributed by atoms with Crippen LogP contribution in [0.2, 0.25) is 0 Å². The second kappa shape index (κ2) is 13.6. The number of primary amides is 1. The van der Waals surface area contributed by atoms with E-state index in [1.165, 1.54) is 41.7 Å². The van der Waals surface area contributed by atoms with Crippen LogP contribution in [0.1, 0.15) is 112 Å². The minimum atomic E-state index is -0.717. The zero-order valence-corrected chi connectivity index (χ0v) is 25.0. The number of aliphatic imine (C=N–C) groups is 2. The molecule has 0 radical (unpaired) electrons. The van der Waals surface area contributed by atoms with Crippen LogP contribution in [0.5, 0.6) is 0 Å². The van der Waals surface area contributed by atoms with Gasteiger partial charge in [0.2, 0.25) is 5.91 Å². The Hall–Kier alpha value is -3.29. The van der Waals surface area contributed by atoms with Crippen molar-refractivity contribution in [1.82, 2.24) is 5.32 Å². The van der Waals surface area contributed by atoms with Gasteiger partial charge in [0.05, 0.1) is 23.4 Å². The first-order valence-electron chi connectivity index (χ1n) is 15.3. The monoisotopic (exact) mass is 557 g/mol. The molecule has 0 saturated heterocycles. The van der Waals surface area contributed by atoms with Crippen LogP contribution in [0.3, 0.4) is 0 Å². The van der Waals surface area contributed by atoms with Crippen molar-refractivity contribution in [2.75, 3.05) is 6.54 Å². The molecule has 0 aromatic heterocycles.